The molecule has 2 N–H and O–H groups in total. The van der Waals surface area contributed by atoms with Gasteiger partial charge in [-0.2, -0.15) is 0 Å². The molecule has 22 heavy (non-hydrogen) atoms. The highest BCUT2D eigenvalue weighted by atomic mass is 16.5. The highest BCUT2D eigenvalue weighted by Gasteiger charge is 2.50. The fourth-order valence-corrected chi connectivity index (χ4v) is 2.57. The molecule has 0 bridgehead atoms. The fraction of sp³-hybridized carbons (Fsp3) is 0.875. The molecule has 6 heteroatoms. The minimum Gasteiger partial charge on any atom is -0.547 e. The molecule has 0 aromatic carbocycles. The van der Waals surface area contributed by atoms with Crippen LogP contribution in [0, 0.1) is 0 Å². The Labute approximate surface area is 132 Å². The SMILES string of the molecule is CCCCCCC(O)(C(=O)[O-])C(O)(CCCCCC)C(=O)[O-]. The van der Waals surface area contributed by atoms with E-state index in [1.54, 1.807) is 0 Å². The molecule has 0 amide bonds. The van der Waals surface area contributed by atoms with E-state index in [4.69, 9.17) is 0 Å². The Morgan fingerprint density at radius 3 is 1.27 bits per heavy atom. The van der Waals surface area contributed by atoms with Crippen LogP contribution in [-0.2, 0) is 9.59 Å². The van der Waals surface area contributed by atoms with Gasteiger partial charge in [0.25, 0.3) is 0 Å². The van der Waals surface area contributed by atoms with E-state index in [1.807, 2.05) is 13.8 Å². The maximum atomic E-state index is 11.3. The van der Waals surface area contributed by atoms with E-state index in [9.17, 15) is 30.0 Å². The van der Waals surface area contributed by atoms with E-state index in [0.717, 1.165) is 25.7 Å². The van der Waals surface area contributed by atoms with Gasteiger partial charge in [-0.15, -0.1) is 0 Å². The molecular weight excluding hydrogens is 288 g/mol. The van der Waals surface area contributed by atoms with Gasteiger partial charge < -0.3 is 30.0 Å². The van der Waals surface area contributed by atoms with Crippen molar-refractivity contribution in [1.82, 2.24) is 0 Å². The molecule has 0 aliphatic rings. The molecule has 0 heterocycles. The molecule has 0 rings (SSSR count). The van der Waals surface area contributed by atoms with Crippen molar-refractivity contribution < 1.29 is 30.0 Å². The summed E-state index contributed by atoms with van der Waals surface area (Å²) in [6, 6.07) is 0. The van der Waals surface area contributed by atoms with Crippen LogP contribution in [0.1, 0.15) is 78.1 Å². The van der Waals surface area contributed by atoms with Crippen molar-refractivity contribution in [1.29, 1.82) is 0 Å². The summed E-state index contributed by atoms with van der Waals surface area (Å²) >= 11 is 0. The summed E-state index contributed by atoms with van der Waals surface area (Å²) in [6.07, 6.45) is 4.63. The first kappa shape index (κ1) is 20.9. The van der Waals surface area contributed by atoms with E-state index in [0.29, 0.717) is 25.7 Å². The minimum absolute atomic E-state index is 0.295. The third kappa shape index (κ3) is 5.25. The number of unbranched alkanes of at least 4 members (excludes halogenated alkanes) is 6. The number of carbonyl (C=O) groups excluding carboxylic acids is 2. The Morgan fingerprint density at radius 2 is 1.05 bits per heavy atom. The molecule has 0 saturated carbocycles. The zero-order chi connectivity index (χ0) is 17.2. The second-order valence-electron chi connectivity index (χ2n) is 5.92. The van der Waals surface area contributed by atoms with Gasteiger partial charge >= 0.3 is 0 Å². The summed E-state index contributed by atoms with van der Waals surface area (Å²) in [4.78, 5) is 22.6. The largest absolute Gasteiger partial charge is 0.547 e. The first-order valence-electron chi connectivity index (χ1n) is 8.14. The van der Waals surface area contributed by atoms with E-state index in [1.165, 1.54) is 0 Å². The second kappa shape index (κ2) is 9.79. The third-order valence-corrected chi connectivity index (χ3v) is 4.14. The van der Waals surface area contributed by atoms with Crippen LogP contribution in [0.25, 0.3) is 0 Å². The summed E-state index contributed by atoms with van der Waals surface area (Å²) in [6.45, 7) is 3.94. The zero-order valence-electron chi connectivity index (χ0n) is 13.6. The Bertz CT molecular complexity index is 323. The van der Waals surface area contributed by atoms with Gasteiger partial charge in [0.05, 0.1) is 11.9 Å². The molecule has 0 aliphatic carbocycles. The van der Waals surface area contributed by atoms with E-state index in [2.05, 4.69) is 0 Å². The lowest BCUT2D eigenvalue weighted by Crippen LogP contribution is -2.70. The van der Waals surface area contributed by atoms with Gasteiger partial charge in [-0.3, -0.25) is 0 Å². The Hall–Kier alpha value is -1.14. The average molecular weight is 316 g/mol. The molecule has 0 saturated heterocycles. The predicted molar refractivity (Wildman–Crippen MR) is 77.4 cm³/mol. The van der Waals surface area contributed by atoms with Crippen LogP contribution in [0.15, 0.2) is 0 Å². The smallest absolute Gasteiger partial charge is 0.138 e. The minimum atomic E-state index is -2.83. The van der Waals surface area contributed by atoms with Crippen molar-refractivity contribution in [2.75, 3.05) is 0 Å². The summed E-state index contributed by atoms with van der Waals surface area (Å²) in [5.74, 6) is -3.93. The van der Waals surface area contributed by atoms with Gasteiger partial charge in [-0.1, -0.05) is 65.2 Å². The van der Waals surface area contributed by atoms with Crippen LogP contribution in [0.3, 0.4) is 0 Å². The Morgan fingerprint density at radius 1 is 0.727 bits per heavy atom. The van der Waals surface area contributed by atoms with Crippen molar-refractivity contribution in [3.8, 4) is 0 Å². The molecule has 2 unspecified atom stereocenters. The molecule has 0 aliphatic heterocycles. The zero-order valence-corrected chi connectivity index (χ0v) is 13.6. The van der Waals surface area contributed by atoms with E-state index < -0.39 is 23.1 Å². The predicted octanol–water partition coefficient (Wildman–Crippen LogP) is -0.111. The Balaban J connectivity index is 5.06. The van der Waals surface area contributed by atoms with Gasteiger partial charge in [0.2, 0.25) is 0 Å². The maximum Gasteiger partial charge on any atom is 0.138 e. The van der Waals surface area contributed by atoms with Crippen LogP contribution in [0.5, 0.6) is 0 Å². The average Bonchev–Trinajstić information content (AvgIpc) is 2.47. The van der Waals surface area contributed by atoms with Crippen LogP contribution in [0.2, 0.25) is 0 Å². The fourth-order valence-electron chi connectivity index (χ4n) is 2.57. The van der Waals surface area contributed by atoms with E-state index in [-0.39, 0.29) is 12.8 Å². The second-order valence-corrected chi connectivity index (χ2v) is 5.92. The van der Waals surface area contributed by atoms with Gasteiger partial charge in [-0.05, 0) is 12.8 Å². The highest BCUT2D eigenvalue weighted by molar-refractivity contribution is 5.88. The first-order chi connectivity index (χ1) is 10.3. The molecule has 0 aromatic heterocycles. The normalized spacial score (nSPS) is 16.7. The number of aliphatic hydroxyl groups is 2. The summed E-state index contributed by atoms with van der Waals surface area (Å²) in [5, 5.41) is 43.2. The highest BCUT2D eigenvalue weighted by Crippen LogP contribution is 2.32. The molecule has 0 aromatic rings. The lowest BCUT2D eigenvalue weighted by atomic mass is 9.75. The third-order valence-electron chi connectivity index (χ3n) is 4.14. The maximum absolute atomic E-state index is 11.3. The number of aliphatic carboxylic acids is 2. The van der Waals surface area contributed by atoms with E-state index >= 15 is 0 Å². The number of rotatable bonds is 13. The van der Waals surface area contributed by atoms with Gasteiger partial charge in [0, 0.05) is 0 Å². The van der Waals surface area contributed by atoms with Crippen molar-refractivity contribution >= 4 is 11.9 Å². The molecule has 130 valence electrons. The Kier molecular flexibility index (Phi) is 9.28. The number of carboxylic acid groups (broad SMARTS) is 2. The van der Waals surface area contributed by atoms with Crippen LogP contribution in [0.4, 0.5) is 0 Å². The van der Waals surface area contributed by atoms with Crippen LogP contribution >= 0.6 is 0 Å². The van der Waals surface area contributed by atoms with Crippen molar-refractivity contribution in [2.45, 2.75) is 89.3 Å². The number of carbonyl (C=O) groups is 2. The van der Waals surface area contributed by atoms with Gasteiger partial charge in [0.1, 0.15) is 11.2 Å². The first-order valence-corrected chi connectivity index (χ1v) is 8.14. The number of hydrogen-bond acceptors (Lipinski definition) is 6. The van der Waals surface area contributed by atoms with Crippen molar-refractivity contribution in [2.24, 2.45) is 0 Å². The monoisotopic (exact) mass is 316 g/mol. The molecular formula is C16H28O6-2. The summed E-state index contributed by atoms with van der Waals surface area (Å²) in [5.41, 5.74) is -5.66. The molecule has 6 nitrogen and oxygen atoms in total. The van der Waals surface area contributed by atoms with Crippen molar-refractivity contribution in [3.05, 3.63) is 0 Å². The lowest BCUT2D eigenvalue weighted by molar-refractivity contribution is -0.359. The van der Waals surface area contributed by atoms with Crippen LogP contribution in [-0.4, -0.2) is 33.4 Å². The molecule has 0 radical (unpaired) electrons. The van der Waals surface area contributed by atoms with Gasteiger partial charge in [0.15, 0.2) is 0 Å². The van der Waals surface area contributed by atoms with Crippen LogP contribution < -0.4 is 10.2 Å². The standard InChI is InChI=1S/C16H30O6/c1-3-5-7-9-11-15(21,13(17)18)16(22,14(19)20)12-10-8-6-4-2/h21-22H,3-12H2,1-2H3,(H,17,18)(H,19,20)/p-2. The molecule has 0 fully saturated rings. The number of carboxylic acids is 2. The lowest BCUT2D eigenvalue weighted by Gasteiger charge is -2.45. The quantitative estimate of drug-likeness (QED) is 0.457. The summed E-state index contributed by atoms with van der Waals surface area (Å²) < 4.78 is 0. The molecule has 0 spiro atoms. The molecule has 2 atom stereocenters. The van der Waals surface area contributed by atoms with Gasteiger partial charge in [-0.25, -0.2) is 0 Å². The summed E-state index contributed by atoms with van der Waals surface area (Å²) in [7, 11) is 0. The number of hydrogen-bond donors (Lipinski definition) is 2. The van der Waals surface area contributed by atoms with Crippen molar-refractivity contribution in [3.63, 3.8) is 0 Å². The topological polar surface area (TPSA) is 121 Å².